The molecule has 1 aliphatic rings. The fraction of sp³-hybridized carbons (Fsp3) is 0.294. The molecule has 4 aromatic carbocycles. The lowest BCUT2D eigenvalue weighted by Crippen LogP contribution is -2.61. The fourth-order valence-corrected chi connectivity index (χ4v) is 5.18. The van der Waals surface area contributed by atoms with E-state index < -0.39 is 30.7 Å². The van der Waals surface area contributed by atoms with Gasteiger partial charge in [0, 0.05) is 11.6 Å². The molecule has 0 bridgehead atoms. The van der Waals surface area contributed by atoms with E-state index in [1.165, 1.54) is 0 Å². The number of halogens is 1. The Balaban J connectivity index is 1.42. The zero-order valence-corrected chi connectivity index (χ0v) is 24.6. The summed E-state index contributed by atoms with van der Waals surface area (Å²) in [6, 6.07) is 37.9. The van der Waals surface area contributed by atoms with E-state index >= 15 is 0 Å². The van der Waals surface area contributed by atoms with E-state index in [0.717, 1.165) is 26.9 Å². The lowest BCUT2D eigenvalue weighted by atomic mass is 9.97. The summed E-state index contributed by atoms with van der Waals surface area (Å²) in [5, 5.41) is 0. The first-order valence-corrected chi connectivity index (χ1v) is 14.5. The summed E-state index contributed by atoms with van der Waals surface area (Å²) in [5.74, 6) is 0.725. The molecule has 6 nitrogen and oxygen atoms in total. The Morgan fingerprint density at radius 3 is 1.63 bits per heavy atom. The van der Waals surface area contributed by atoms with E-state index in [1.807, 2.05) is 115 Å². The lowest BCUT2D eigenvalue weighted by molar-refractivity contribution is -0.320. The molecular weight excluding hydrogens is 584 g/mol. The third kappa shape index (κ3) is 8.49. The average molecular weight is 620 g/mol. The van der Waals surface area contributed by atoms with Crippen molar-refractivity contribution in [2.75, 3.05) is 13.7 Å². The Kier molecular flexibility index (Phi) is 11.0. The smallest absolute Gasteiger partial charge is 0.186 e. The van der Waals surface area contributed by atoms with Crippen molar-refractivity contribution in [3.05, 3.63) is 136 Å². The van der Waals surface area contributed by atoms with Crippen LogP contribution in [0.4, 0.5) is 0 Å². The second kappa shape index (κ2) is 15.3. The Bertz CT molecular complexity index is 1310. The minimum Gasteiger partial charge on any atom is -0.491 e. The van der Waals surface area contributed by atoms with Crippen LogP contribution < -0.4 is 4.74 Å². The first-order valence-electron chi connectivity index (χ1n) is 13.7. The molecule has 5 atom stereocenters. The van der Waals surface area contributed by atoms with Crippen LogP contribution in [0.3, 0.4) is 0 Å². The average Bonchev–Trinajstić information content (AvgIpc) is 3.02. The number of benzene rings is 4. The number of hydrogen-bond donors (Lipinski definition) is 0. The lowest BCUT2D eigenvalue weighted by Gasteiger charge is -2.45. The van der Waals surface area contributed by atoms with Gasteiger partial charge in [-0.3, -0.25) is 0 Å². The monoisotopic (exact) mass is 618 g/mol. The van der Waals surface area contributed by atoms with E-state index in [9.17, 15) is 0 Å². The zero-order valence-electron chi connectivity index (χ0n) is 23.0. The second-order valence-electron chi connectivity index (χ2n) is 9.83. The summed E-state index contributed by atoms with van der Waals surface area (Å²) in [6.45, 7) is 1.39. The Morgan fingerprint density at radius 1 is 0.610 bits per heavy atom. The molecule has 1 aliphatic heterocycles. The van der Waals surface area contributed by atoms with Gasteiger partial charge in [0.25, 0.3) is 0 Å². The predicted octanol–water partition coefficient (Wildman–Crippen LogP) is 6.96. The van der Waals surface area contributed by atoms with E-state index in [4.69, 9.17) is 28.4 Å². The number of rotatable bonds is 13. The van der Waals surface area contributed by atoms with Crippen molar-refractivity contribution >= 4 is 15.9 Å². The van der Waals surface area contributed by atoms with Crippen LogP contribution in [0.15, 0.2) is 120 Å². The summed E-state index contributed by atoms with van der Waals surface area (Å²) >= 11 is 3.52. The van der Waals surface area contributed by atoms with Gasteiger partial charge in [-0.05, 0) is 34.9 Å². The molecule has 0 aromatic heterocycles. The molecule has 0 unspecified atom stereocenters. The normalized spacial score (nSPS) is 22.3. The van der Waals surface area contributed by atoms with Crippen molar-refractivity contribution in [3.63, 3.8) is 0 Å². The standard InChI is InChI=1S/C34H35BrO6/c1-36-34-33(40-23-27-16-9-4-10-17-27)32(39-22-26-14-7-3-8-15-26)31(38-21-25-12-5-2-6-13-25)30(41-34)24-37-29-19-11-18-28(35)20-29/h2-20,30-34H,21-24H2,1H3/t30-,31-,32+,33-,34+/m1/s1. The quantitative estimate of drug-likeness (QED) is 0.161. The van der Waals surface area contributed by atoms with Gasteiger partial charge < -0.3 is 28.4 Å². The van der Waals surface area contributed by atoms with Crippen LogP contribution in [0.2, 0.25) is 0 Å². The van der Waals surface area contributed by atoms with Gasteiger partial charge in [0.2, 0.25) is 0 Å². The van der Waals surface area contributed by atoms with Crippen LogP contribution in [-0.2, 0) is 43.5 Å². The highest BCUT2D eigenvalue weighted by Crippen LogP contribution is 2.31. The molecule has 0 saturated carbocycles. The Morgan fingerprint density at radius 2 is 1.12 bits per heavy atom. The van der Waals surface area contributed by atoms with Crippen LogP contribution in [0.1, 0.15) is 16.7 Å². The van der Waals surface area contributed by atoms with Gasteiger partial charge in [-0.15, -0.1) is 0 Å². The van der Waals surface area contributed by atoms with Crippen molar-refractivity contribution in [2.24, 2.45) is 0 Å². The van der Waals surface area contributed by atoms with Crippen molar-refractivity contribution in [3.8, 4) is 5.75 Å². The molecular formula is C34H35BrO6. The van der Waals surface area contributed by atoms with Crippen molar-refractivity contribution in [1.29, 1.82) is 0 Å². The summed E-state index contributed by atoms with van der Waals surface area (Å²) in [4.78, 5) is 0. The van der Waals surface area contributed by atoms with Crippen molar-refractivity contribution in [1.82, 2.24) is 0 Å². The molecule has 0 spiro atoms. The van der Waals surface area contributed by atoms with Crippen molar-refractivity contribution in [2.45, 2.75) is 50.5 Å². The van der Waals surface area contributed by atoms with Gasteiger partial charge in [-0.1, -0.05) is 113 Å². The van der Waals surface area contributed by atoms with Crippen LogP contribution in [0.25, 0.3) is 0 Å². The van der Waals surface area contributed by atoms with Crippen LogP contribution in [0.5, 0.6) is 5.75 Å². The number of hydrogen-bond acceptors (Lipinski definition) is 6. The van der Waals surface area contributed by atoms with Gasteiger partial charge in [0.05, 0.1) is 19.8 Å². The molecule has 5 rings (SSSR count). The summed E-state index contributed by atoms with van der Waals surface area (Å²) in [6.07, 6.45) is -2.73. The minimum absolute atomic E-state index is 0.242. The van der Waals surface area contributed by atoms with Crippen LogP contribution >= 0.6 is 15.9 Å². The number of ether oxygens (including phenoxy) is 6. The van der Waals surface area contributed by atoms with E-state index in [1.54, 1.807) is 7.11 Å². The Hall–Kier alpha value is -3.04. The van der Waals surface area contributed by atoms with Gasteiger partial charge >= 0.3 is 0 Å². The molecule has 1 fully saturated rings. The molecule has 0 N–H and O–H groups in total. The second-order valence-corrected chi connectivity index (χ2v) is 10.7. The fourth-order valence-electron chi connectivity index (χ4n) is 4.80. The maximum absolute atomic E-state index is 6.63. The van der Waals surface area contributed by atoms with Crippen molar-refractivity contribution < 1.29 is 28.4 Å². The van der Waals surface area contributed by atoms with E-state index in [0.29, 0.717) is 19.8 Å². The van der Waals surface area contributed by atoms with E-state index in [2.05, 4.69) is 15.9 Å². The number of methoxy groups -OCH3 is 1. The maximum Gasteiger partial charge on any atom is 0.186 e. The summed E-state index contributed by atoms with van der Waals surface area (Å²) in [7, 11) is 1.62. The molecule has 4 aromatic rings. The summed E-state index contributed by atoms with van der Waals surface area (Å²) in [5.41, 5.74) is 3.15. The topological polar surface area (TPSA) is 55.4 Å². The molecule has 1 heterocycles. The highest BCUT2D eigenvalue weighted by molar-refractivity contribution is 9.10. The molecule has 0 amide bonds. The molecule has 214 valence electrons. The molecule has 1 saturated heterocycles. The van der Waals surface area contributed by atoms with Crippen LogP contribution in [-0.4, -0.2) is 44.4 Å². The van der Waals surface area contributed by atoms with E-state index in [-0.39, 0.29) is 6.61 Å². The molecule has 0 aliphatic carbocycles. The first kappa shape index (κ1) is 29.5. The predicted molar refractivity (Wildman–Crippen MR) is 160 cm³/mol. The van der Waals surface area contributed by atoms with Gasteiger partial charge in [0.15, 0.2) is 6.29 Å². The maximum atomic E-state index is 6.63. The minimum atomic E-state index is -0.688. The SMILES string of the molecule is CO[C@H]1O[C@H](COc2cccc(Br)c2)[C@@H](OCc2ccccc2)[C@H](OCc2ccccc2)[C@H]1OCc1ccccc1. The van der Waals surface area contributed by atoms with Gasteiger partial charge in [-0.25, -0.2) is 0 Å². The zero-order chi connectivity index (χ0) is 28.3. The van der Waals surface area contributed by atoms with Crippen LogP contribution in [0, 0.1) is 0 Å². The third-order valence-corrected chi connectivity index (χ3v) is 7.38. The van der Waals surface area contributed by atoms with Gasteiger partial charge in [-0.2, -0.15) is 0 Å². The molecule has 7 heteroatoms. The highest BCUT2D eigenvalue weighted by Gasteiger charge is 2.49. The Labute approximate surface area is 250 Å². The largest absolute Gasteiger partial charge is 0.491 e. The van der Waals surface area contributed by atoms with Gasteiger partial charge in [0.1, 0.15) is 36.8 Å². The highest BCUT2D eigenvalue weighted by atomic mass is 79.9. The summed E-state index contributed by atoms with van der Waals surface area (Å²) < 4.78 is 39.2. The molecule has 41 heavy (non-hydrogen) atoms. The molecule has 0 radical (unpaired) electrons. The third-order valence-electron chi connectivity index (χ3n) is 6.89. The first-order chi connectivity index (χ1) is 20.2.